The van der Waals surface area contributed by atoms with E-state index in [0.717, 1.165) is 69.4 Å². The number of piperidine rings is 1. The highest BCUT2D eigenvalue weighted by Gasteiger charge is 2.24. The predicted octanol–water partition coefficient (Wildman–Crippen LogP) is 3.27. The minimum atomic E-state index is -0.0278. The number of likely N-dealkylation sites (tertiary alicyclic amines) is 1. The number of urea groups is 1. The van der Waals surface area contributed by atoms with Gasteiger partial charge in [0.15, 0.2) is 0 Å². The van der Waals surface area contributed by atoms with Crippen LogP contribution < -0.4 is 10.2 Å². The fourth-order valence-electron chi connectivity index (χ4n) is 3.67. The zero-order chi connectivity index (χ0) is 17.6. The second-order valence-electron chi connectivity index (χ2n) is 7.04. The molecule has 2 aliphatic heterocycles. The van der Waals surface area contributed by atoms with E-state index >= 15 is 0 Å². The number of nitrogens with zero attached hydrogens (tertiary/aromatic N) is 3. The number of anilines is 2. The summed E-state index contributed by atoms with van der Waals surface area (Å²) in [6.07, 6.45) is 4.64. The summed E-state index contributed by atoms with van der Waals surface area (Å²) in [6, 6.07) is 3.97. The van der Waals surface area contributed by atoms with E-state index in [1.165, 1.54) is 12.8 Å². The normalized spacial score (nSPS) is 20.8. The third-order valence-corrected chi connectivity index (χ3v) is 5.11. The van der Waals surface area contributed by atoms with Crippen molar-refractivity contribution in [1.29, 1.82) is 0 Å². The van der Waals surface area contributed by atoms with Gasteiger partial charge in [-0.05, 0) is 51.7 Å². The average Bonchev–Trinajstić information content (AvgIpc) is 3.16. The molecule has 1 atom stereocenters. The summed E-state index contributed by atoms with van der Waals surface area (Å²) < 4.78 is 5.53. The maximum atomic E-state index is 12.6. The monoisotopic (exact) mass is 346 g/mol. The van der Waals surface area contributed by atoms with Crippen molar-refractivity contribution in [3.05, 3.63) is 17.8 Å². The van der Waals surface area contributed by atoms with Gasteiger partial charge in [-0.2, -0.15) is 0 Å². The molecule has 1 aromatic rings. The molecule has 0 spiro atoms. The number of carbonyl (C=O) groups excluding carboxylic acids is 1. The first kappa shape index (κ1) is 18.0. The summed E-state index contributed by atoms with van der Waals surface area (Å²) in [5, 5.41) is 3.04. The van der Waals surface area contributed by atoms with E-state index in [4.69, 9.17) is 4.74 Å². The van der Waals surface area contributed by atoms with Crippen molar-refractivity contribution in [3.63, 3.8) is 0 Å². The maximum absolute atomic E-state index is 12.6. The molecule has 2 fully saturated rings. The molecule has 2 saturated heterocycles. The predicted molar refractivity (Wildman–Crippen MR) is 100 cm³/mol. The van der Waals surface area contributed by atoms with Crippen molar-refractivity contribution in [2.24, 2.45) is 5.92 Å². The Morgan fingerprint density at radius 2 is 2.08 bits per heavy atom. The van der Waals surface area contributed by atoms with Crippen LogP contribution in [-0.4, -0.2) is 55.3 Å². The summed E-state index contributed by atoms with van der Waals surface area (Å²) in [7, 11) is 0. The van der Waals surface area contributed by atoms with Crippen molar-refractivity contribution >= 4 is 17.5 Å². The first-order valence-corrected chi connectivity index (χ1v) is 9.53. The van der Waals surface area contributed by atoms with Crippen LogP contribution in [0.5, 0.6) is 0 Å². The Morgan fingerprint density at radius 3 is 2.80 bits per heavy atom. The molecule has 0 aromatic carbocycles. The molecule has 2 amide bonds. The smallest absolute Gasteiger partial charge is 0.321 e. The summed E-state index contributed by atoms with van der Waals surface area (Å²) >= 11 is 0. The number of nitrogens with one attached hydrogen (secondary N) is 1. The van der Waals surface area contributed by atoms with Gasteiger partial charge in [0.05, 0.1) is 18.0 Å². The summed E-state index contributed by atoms with van der Waals surface area (Å²) in [5.41, 5.74) is 1.68. The third-order valence-electron chi connectivity index (χ3n) is 5.11. The van der Waals surface area contributed by atoms with Crippen LogP contribution in [0.15, 0.2) is 12.1 Å². The second-order valence-corrected chi connectivity index (χ2v) is 7.04. The maximum Gasteiger partial charge on any atom is 0.321 e. The first-order valence-electron chi connectivity index (χ1n) is 9.53. The SMILES string of the molecule is CCOC[C@H]1CCCN(C(=O)Nc2ccc(N3CCCC3)nc2C)C1. The van der Waals surface area contributed by atoms with Crippen molar-refractivity contribution < 1.29 is 9.53 Å². The fourth-order valence-corrected chi connectivity index (χ4v) is 3.67. The van der Waals surface area contributed by atoms with E-state index in [1.54, 1.807) is 0 Å². The van der Waals surface area contributed by atoms with E-state index in [-0.39, 0.29) is 6.03 Å². The van der Waals surface area contributed by atoms with Crippen LogP contribution in [-0.2, 0) is 4.74 Å². The lowest BCUT2D eigenvalue weighted by atomic mass is 9.99. The summed E-state index contributed by atoms with van der Waals surface area (Å²) in [5.74, 6) is 1.46. The van der Waals surface area contributed by atoms with Gasteiger partial charge in [-0.25, -0.2) is 9.78 Å². The van der Waals surface area contributed by atoms with Crippen molar-refractivity contribution in [3.8, 4) is 0 Å². The highest BCUT2D eigenvalue weighted by Crippen LogP contribution is 2.23. The molecule has 6 heteroatoms. The van der Waals surface area contributed by atoms with E-state index in [2.05, 4.69) is 15.2 Å². The van der Waals surface area contributed by atoms with Gasteiger partial charge in [0, 0.05) is 38.7 Å². The minimum absolute atomic E-state index is 0.0278. The quantitative estimate of drug-likeness (QED) is 0.889. The van der Waals surface area contributed by atoms with Crippen LogP contribution >= 0.6 is 0 Å². The molecular weight excluding hydrogens is 316 g/mol. The van der Waals surface area contributed by atoms with E-state index in [0.29, 0.717) is 5.92 Å². The van der Waals surface area contributed by atoms with Crippen LogP contribution in [0, 0.1) is 12.8 Å². The fraction of sp³-hybridized carbons (Fsp3) is 0.684. The lowest BCUT2D eigenvalue weighted by Crippen LogP contribution is -2.43. The van der Waals surface area contributed by atoms with Crippen LogP contribution in [0.1, 0.15) is 38.3 Å². The number of rotatable bonds is 5. The number of aryl methyl sites for hydroxylation is 1. The number of ether oxygens (including phenoxy) is 1. The van der Waals surface area contributed by atoms with Gasteiger partial charge in [0.25, 0.3) is 0 Å². The Labute approximate surface area is 150 Å². The van der Waals surface area contributed by atoms with Gasteiger partial charge in [0.2, 0.25) is 0 Å². The molecule has 0 unspecified atom stereocenters. The first-order chi connectivity index (χ1) is 12.2. The molecule has 138 valence electrons. The number of carbonyl (C=O) groups is 1. The molecule has 3 rings (SSSR count). The molecule has 0 radical (unpaired) electrons. The number of hydrogen-bond acceptors (Lipinski definition) is 4. The van der Waals surface area contributed by atoms with Gasteiger partial charge >= 0.3 is 6.03 Å². The van der Waals surface area contributed by atoms with Crippen LogP contribution in [0.4, 0.5) is 16.3 Å². The zero-order valence-corrected chi connectivity index (χ0v) is 15.5. The Morgan fingerprint density at radius 1 is 1.28 bits per heavy atom. The van der Waals surface area contributed by atoms with E-state index < -0.39 is 0 Å². The van der Waals surface area contributed by atoms with Gasteiger partial charge in [-0.15, -0.1) is 0 Å². The molecule has 0 saturated carbocycles. The number of pyridine rings is 1. The van der Waals surface area contributed by atoms with Crippen molar-refractivity contribution in [1.82, 2.24) is 9.88 Å². The largest absolute Gasteiger partial charge is 0.381 e. The van der Waals surface area contributed by atoms with Gasteiger partial charge in [-0.3, -0.25) is 0 Å². The molecule has 1 N–H and O–H groups in total. The van der Waals surface area contributed by atoms with E-state index in [9.17, 15) is 4.79 Å². The number of hydrogen-bond donors (Lipinski definition) is 1. The molecule has 3 heterocycles. The van der Waals surface area contributed by atoms with Crippen molar-refractivity contribution in [2.45, 2.75) is 39.5 Å². The minimum Gasteiger partial charge on any atom is -0.381 e. The lowest BCUT2D eigenvalue weighted by Gasteiger charge is -2.32. The Hall–Kier alpha value is -1.82. The molecule has 2 aliphatic rings. The lowest BCUT2D eigenvalue weighted by molar-refractivity contribution is 0.0777. The van der Waals surface area contributed by atoms with Crippen molar-refractivity contribution in [2.75, 3.05) is 49.6 Å². The topological polar surface area (TPSA) is 57.7 Å². The molecule has 0 aliphatic carbocycles. The summed E-state index contributed by atoms with van der Waals surface area (Å²) in [6.45, 7) is 9.18. The highest BCUT2D eigenvalue weighted by atomic mass is 16.5. The number of amides is 2. The van der Waals surface area contributed by atoms with Gasteiger partial charge in [0.1, 0.15) is 5.82 Å². The second kappa shape index (κ2) is 8.52. The summed E-state index contributed by atoms with van der Waals surface area (Å²) in [4.78, 5) is 21.5. The Balaban J connectivity index is 1.58. The molecule has 0 bridgehead atoms. The van der Waals surface area contributed by atoms with Crippen LogP contribution in [0.3, 0.4) is 0 Å². The Kier molecular flexibility index (Phi) is 6.13. The Bertz CT molecular complexity index is 587. The van der Waals surface area contributed by atoms with Gasteiger partial charge < -0.3 is 19.9 Å². The highest BCUT2D eigenvalue weighted by molar-refractivity contribution is 5.90. The van der Waals surface area contributed by atoms with Crippen LogP contribution in [0.2, 0.25) is 0 Å². The number of aromatic nitrogens is 1. The molecule has 6 nitrogen and oxygen atoms in total. The standard InChI is InChI=1S/C19H30N4O2/c1-3-25-14-16-7-6-12-23(13-16)19(24)21-17-8-9-18(20-15(17)2)22-10-4-5-11-22/h8-9,16H,3-7,10-14H2,1-2H3,(H,21,24)/t16-/m0/s1. The van der Waals surface area contributed by atoms with E-state index in [1.807, 2.05) is 30.9 Å². The van der Waals surface area contributed by atoms with Gasteiger partial charge in [-0.1, -0.05) is 0 Å². The average molecular weight is 346 g/mol. The molecule has 25 heavy (non-hydrogen) atoms. The molecular formula is C19H30N4O2. The molecule has 1 aromatic heterocycles. The van der Waals surface area contributed by atoms with Crippen LogP contribution in [0.25, 0.3) is 0 Å². The zero-order valence-electron chi connectivity index (χ0n) is 15.5. The third kappa shape index (κ3) is 4.63.